The second kappa shape index (κ2) is 5.83. The SMILES string of the molecule is CN1CCN(C(c2cnn(C)c2)c2c[nH]c3ccccc23)CC1. The van der Waals surface area contributed by atoms with Crippen molar-refractivity contribution in [3.63, 3.8) is 0 Å². The number of aryl methyl sites for hydroxylation is 1. The maximum absolute atomic E-state index is 4.41. The fourth-order valence-electron chi connectivity index (χ4n) is 3.57. The van der Waals surface area contributed by atoms with Crippen molar-refractivity contribution in [2.45, 2.75) is 6.04 Å². The average molecular weight is 309 g/mol. The van der Waals surface area contributed by atoms with Crippen molar-refractivity contribution in [1.82, 2.24) is 24.6 Å². The normalized spacial score (nSPS) is 18.5. The van der Waals surface area contributed by atoms with Crippen molar-refractivity contribution in [1.29, 1.82) is 0 Å². The third kappa shape index (κ3) is 2.66. The highest BCUT2D eigenvalue weighted by Crippen LogP contribution is 2.33. The lowest BCUT2D eigenvalue weighted by molar-refractivity contribution is 0.128. The van der Waals surface area contributed by atoms with Gasteiger partial charge in [-0.3, -0.25) is 9.58 Å². The van der Waals surface area contributed by atoms with E-state index >= 15 is 0 Å². The van der Waals surface area contributed by atoms with Gasteiger partial charge in [0.1, 0.15) is 0 Å². The molecule has 0 saturated carbocycles. The van der Waals surface area contributed by atoms with Gasteiger partial charge < -0.3 is 9.88 Å². The molecule has 2 aromatic heterocycles. The van der Waals surface area contributed by atoms with E-state index in [1.165, 1.54) is 22.0 Å². The van der Waals surface area contributed by atoms with Crippen molar-refractivity contribution < 1.29 is 0 Å². The summed E-state index contributed by atoms with van der Waals surface area (Å²) < 4.78 is 1.90. The molecule has 0 aliphatic carbocycles. The van der Waals surface area contributed by atoms with E-state index in [9.17, 15) is 0 Å². The molecule has 4 rings (SSSR count). The highest BCUT2D eigenvalue weighted by atomic mass is 15.3. The fraction of sp³-hybridized carbons (Fsp3) is 0.389. The van der Waals surface area contributed by atoms with Gasteiger partial charge in [0.2, 0.25) is 0 Å². The minimum absolute atomic E-state index is 0.258. The Kier molecular flexibility index (Phi) is 3.67. The molecule has 1 fully saturated rings. The van der Waals surface area contributed by atoms with Gasteiger partial charge in [-0.15, -0.1) is 0 Å². The molecule has 23 heavy (non-hydrogen) atoms. The quantitative estimate of drug-likeness (QED) is 0.806. The largest absolute Gasteiger partial charge is 0.361 e. The molecule has 1 N–H and O–H groups in total. The standard InChI is InChI=1S/C18H23N5/c1-21-7-9-23(10-8-21)18(14-11-20-22(2)13-14)16-12-19-17-6-4-3-5-15(16)17/h3-6,11-13,18-19H,7-10H2,1-2H3. The van der Waals surface area contributed by atoms with Crippen LogP contribution in [0.25, 0.3) is 10.9 Å². The number of H-pyrrole nitrogens is 1. The van der Waals surface area contributed by atoms with Crippen molar-refractivity contribution >= 4 is 10.9 Å². The Labute approximate surface area is 136 Å². The highest BCUT2D eigenvalue weighted by molar-refractivity contribution is 5.84. The summed E-state index contributed by atoms with van der Waals surface area (Å²) in [6.45, 7) is 4.38. The molecule has 1 unspecified atom stereocenters. The van der Waals surface area contributed by atoms with Crippen LogP contribution in [-0.4, -0.2) is 57.8 Å². The van der Waals surface area contributed by atoms with Crippen molar-refractivity contribution in [3.05, 3.63) is 54.0 Å². The molecule has 0 spiro atoms. The Morgan fingerprint density at radius 1 is 1.09 bits per heavy atom. The number of para-hydroxylation sites is 1. The molecular weight excluding hydrogens is 286 g/mol. The fourth-order valence-corrected chi connectivity index (χ4v) is 3.57. The summed E-state index contributed by atoms with van der Waals surface area (Å²) in [5, 5.41) is 5.71. The lowest BCUT2D eigenvalue weighted by Crippen LogP contribution is -2.46. The molecule has 0 amide bonds. The predicted molar refractivity (Wildman–Crippen MR) is 92.4 cm³/mol. The van der Waals surface area contributed by atoms with Crippen LogP contribution in [0.4, 0.5) is 0 Å². The van der Waals surface area contributed by atoms with Gasteiger partial charge >= 0.3 is 0 Å². The molecule has 0 radical (unpaired) electrons. The lowest BCUT2D eigenvalue weighted by atomic mass is 9.98. The van der Waals surface area contributed by atoms with Crippen LogP contribution in [0.1, 0.15) is 17.2 Å². The number of aromatic amines is 1. The molecule has 0 bridgehead atoms. The number of nitrogens with zero attached hydrogens (tertiary/aromatic N) is 4. The van der Waals surface area contributed by atoms with E-state index in [0.717, 1.165) is 26.2 Å². The van der Waals surface area contributed by atoms with Gasteiger partial charge in [-0.1, -0.05) is 18.2 Å². The first kappa shape index (κ1) is 14.5. The van der Waals surface area contributed by atoms with E-state index in [2.05, 4.69) is 63.6 Å². The molecule has 1 aliphatic heterocycles. The van der Waals surface area contributed by atoms with E-state index in [1.807, 2.05) is 17.9 Å². The number of piperazine rings is 1. The summed E-state index contributed by atoms with van der Waals surface area (Å²) in [5.41, 5.74) is 3.81. The molecule has 5 nitrogen and oxygen atoms in total. The summed E-state index contributed by atoms with van der Waals surface area (Å²) in [6.07, 6.45) is 6.32. The number of aromatic nitrogens is 3. The summed E-state index contributed by atoms with van der Waals surface area (Å²) >= 11 is 0. The van der Waals surface area contributed by atoms with E-state index in [1.54, 1.807) is 0 Å². The van der Waals surface area contributed by atoms with Crippen LogP contribution < -0.4 is 0 Å². The predicted octanol–water partition coefficient (Wildman–Crippen LogP) is 2.24. The van der Waals surface area contributed by atoms with Gasteiger partial charge in [0.15, 0.2) is 0 Å². The first-order chi connectivity index (χ1) is 11.2. The van der Waals surface area contributed by atoms with Gasteiger partial charge in [-0.05, 0) is 18.7 Å². The van der Waals surface area contributed by atoms with Crippen molar-refractivity contribution in [2.75, 3.05) is 33.2 Å². The first-order valence-electron chi connectivity index (χ1n) is 8.19. The Bertz CT molecular complexity index is 794. The van der Waals surface area contributed by atoms with E-state index in [0.29, 0.717) is 0 Å². The molecule has 1 saturated heterocycles. The minimum Gasteiger partial charge on any atom is -0.361 e. The zero-order chi connectivity index (χ0) is 15.8. The van der Waals surface area contributed by atoms with Crippen LogP contribution >= 0.6 is 0 Å². The van der Waals surface area contributed by atoms with Crippen molar-refractivity contribution in [2.24, 2.45) is 7.05 Å². The Hall–Kier alpha value is -2.11. The third-order valence-corrected chi connectivity index (χ3v) is 4.86. The zero-order valence-corrected chi connectivity index (χ0v) is 13.7. The van der Waals surface area contributed by atoms with E-state index < -0.39 is 0 Å². The van der Waals surface area contributed by atoms with Crippen LogP contribution in [0.2, 0.25) is 0 Å². The molecule has 120 valence electrons. The zero-order valence-electron chi connectivity index (χ0n) is 13.7. The number of fused-ring (bicyclic) bond motifs is 1. The Morgan fingerprint density at radius 3 is 2.61 bits per heavy atom. The molecule has 1 atom stereocenters. The van der Waals surface area contributed by atoms with Crippen LogP contribution in [-0.2, 0) is 7.05 Å². The second-order valence-corrected chi connectivity index (χ2v) is 6.48. The first-order valence-corrected chi connectivity index (χ1v) is 8.19. The molecule has 5 heteroatoms. The summed E-state index contributed by atoms with van der Waals surface area (Å²) in [4.78, 5) is 8.40. The Balaban J connectivity index is 1.78. The second-order valence-electron chi connectivity index (χ2n) is 6.48. The summed E-state index contributed by atoms with van der Waals surface area (Å²) in [5.74, 6) is 0. The van der Waals surface area contributed by atoms with E-state index in [4.69, 9.17) is 0 Å². The maximum Gasteiger partial charge on any atom is 0.0654 e. The maximum atomic E-state index is 4.41. The van der Waals surface area contributed by atoms with Crippen molar-refractivity contribution in [3.8, 4) is 0 Å². The molecular formula is C18H23N5. The van der Waals surface area contributed by atoms with Gasteiger partial charge in [-0.2, -0.15) is 5.10 Å². The monoisotopic (exact) mass is 309 g/mol. The van der Waals surface area contributed by atoms with Crippen LogP contribution in [0.15, 0.2) is 42.9 Å². The van der Waals surface area contributed by atoms with Crippen LogP contribution in [0, 0.1) is 0 Å². The van der Waals surface area contributed by atoms with Gasteiger partial charge in [0.05, 0.1) is 12.2 Å². The number of hydrogen-bond donors (Lipinski definition) is 1. The Morgan fingerprint density at radius 2 is 1.87 bits per heavy atom. The summed E-state index contributed by atoms with van der Waals surface area (Å²) in [7, 11) is 4.18. The number of hydrogen-bond acceptors (Lipinski definition) is 3. The van der Waals surface area contributed by atoms with Crippen LogP contribution in [0.3, 0.4) is 0 Å². The lowest BCUT2D eigenvalue weighted by Gasteiger charge is -2.37. The number of likely N-dealkylation sites (N-methyl/N-ethyl adjacent to an activating group) is 1. The molecule has 1 aromatic carbocycles. The third-order valence-electron chi connectivity index (χ3n) is 4.86. The molecule has 3 aromatic rings. The molecule has 1 aliphatic rings. The molecule has 3 heterocycles. The number of nitrogens with one attached hydrogen (secondary N) is 1. The van der Waals surface area contributed by atoms with Gasteiger partial charge in [0.25, 0.3) is 0 Å². The number of benzene rings is 1. The minimum atomic E-state index is 0.258. The van der Waals surface area contributed by atoms with Gasteiger partial charge in [0, 0.05) is 62.1 Å². The highest BCUT2D eigenvalue weighted by Gasteiger charge is 2.28. The summed E-state index contributed by atoms with van der Waals surface area (Å²) in [6, 6.07) is 8.80. The van der Waals surface area contributed by atoms with Crippen LogP contribution in [0.5, 0.6) is 0 Å². The topological polar surface area (TPSA) is 40.1 Å². The average Bonchev–Trinajstić information content (AvgIpc) is 3.17. The van der Waals surface area contributed by atoms with E-state index in [-0.39, 0.29) is 6.04 Å². The number of rotatable bonds is 3. The smallest absolute Gasteiger partial charge is 0.0654 e. The van der Waals surface area contributed by atoms with Gasteiger partial charge in [-0.25, -0.2) is 0 Å².